The molecule has 0 aliphatic heterocycles. The molecule has 110 valence electrons. The van der Waals surface area contributed by atoms with Gasteiger partial charge in [0.15, 0.2) is 0 Å². The lowest BCUT2D eigenvalue weighted by Gasteiger charge is -2.14. The van der Waals surface area contributed by atoms with Crippen LogP contribution in [0.1, 0.15) is 18.5 Å². The lowest BCUT2D eigenvalue weighted by Crippen LogP contribution is -2.09. The first-order valence-corrected chi connectivity index (χ1v) is 7.49. The minimum absolute atomic E-state index is 0.155. The van der Waals surface area contributed by atoms with E-state index in [0.29, 0.717) is 5.95 Å². The summed E-state index contributed by atoms with van der Waals surface area (Å²) in [6.07, 6.45) is 3.63. The van der Waals surface area contributed by atoms with Gasteiger partial charge in [0, 0.05) is 23.0 Å². The van der Waals surface area contributed by atoms with E-state index in [-0.39, 0.29) is 6.04 Å². The SMILES string of the molecule is CC(Nc1ncc(-c2ccc(Cl)cc2)cn1)c1ccccc1. The third-order valence-electron chi connectivity index (χ3n) is 3.47. The van der Waals surface area contributed by atoms with Gasteiger partial charge < -0.3 is 5.32 Å². The zero-order valence-electron chi connectivity index (χ0n) is 12.2. The van der Waals surface area contributed by atoms with Crippen LogP contribution in [-0.4, -0.2) is 9.97 Å². The van der Waals surface area contributed by atoms with Crippen molar-refractivity contribution < 1.29 is 0 Å². The molecule has 0 spiro atoms. The minimum Gasteiger partial charge on any atom is -0.348 e. The lowest BCUT2D eigenvalue weighted by atomic mass is 10.1. The standard InChI is InChI=1S/C18H16ClN3/c1-13(14-5-3-2-4-6-14)22-18-20-11-16(12-21-18)15-7-9-17(19)10-8-15/h2-13H,1H3,(H,20,21,22). The van der Waals surface area contributed by atoms with E-state index in [9.17, 15) is 0 Å². The Bertz CT molecular complexity index is 725. The lowest BCUT2D eigenvalue weighted by molar-refractivity contribution is 0.861. The topological polar surface area (TPSA) is 37.8 Å². The van der Waals surface area contributed by atoms with Crippen LogP contribution in [0.15, 0.2) is 67.0 Å². The molecule has 3 rings (SSSR count). The highest BCUT2D eigenvalue weighted by Gasteiger charge is 2.06. The summed E-state index contributed by atoms with van der Waals surface area (Å²) < 4.78 is 0. The third kappa shape index (κ3) is 3.43. The van der Waals surface area contributed by atoms with Gasteiger partial charge in [-0.25, -0.2) is 9.97 Å². The van der Waals surface area contributed by atoms with Crippen LogP contribution in [0.4, 0.5) is 5.95 Å². The molecule has 2 aromatic carbocycles. The minimum atomic E-state index is 0.155. The first kappa shape index (κ1) is 14.5. The van der Waals surface area contributed by atoms with E-state index < -0.39 is 0 Å². The third-order valence-corrected chi connectivity index (χ3v) is 3.73. The first-order valence-electron chi connectivity index (χ1n) is 7.12. The highest BCUT2D eigenvalue weighted by molar-refractivity contribution is 6.30. The van der Waals surface area contributed by atoms with Crippen LogP contribution < -0.4 is 5.32 Å². The summed E-state index contributed by atoms with van der Waals surface area (Å²) in [5, 5.41) is 4.02. The molecule has 0 saturated heterocycles. The molecule has 0 aliphatic carbocycles. The second-order valence-corrected chi connectivity index (χ2v) is 5.52. The summed E-state index contributed by atoms with van der Waals surface area (Å²) in [5.74, 6) is 0.620. The smallest absolute Gasteiger partial charge is 0.223 e. The van der Waals surface area contributed by atoms with Crippen molar-refractivity contribution in [3.63, 3.8) is 0 Å². The summed E-state index contributed by atoms with van der Waals surface area (Å²) in [4.78, 5) is 8.78. The molecule has 1 unspecified atom stereocenters. The molecule has 0 saturated carbocycles. The summed E-state index contributed by atoms with van der Waals surface area (Å²) in [6, 6.07) is 18.0. The van der Waals surface area contributed by atoms with E-state index in [2.05, 4.69) is 34.3 Å². The number of aromatic nitrogens is 2. The molecule has 0 bridgehead atoms. The molecule has 22 heavy (non-hydrogen) atoms. The molecular formula is C18H16ClN3. The molecule has 0 radical (unpaired) electrons. The molecule has 0 fully saturated rings. The quantitative estimate of drug-likeness (QED) is 0.739. The predicted molar refractivity (Wildman–Crippen MR) is 91.0 cm³/mol. The van der Waals surface area contributed by atoms with Crippen LogP contribution in [0, 0.1) is 0 Å². The van der Waals surface area contributed by atoms with E-state index in [4.69, 9.17) is 11.6 Å². The maximum Gasteiger partial charge on any atom is 0.223 e. The number of benzene rings is 2. The Morgan fingerprint density at radius 1 is 0.864 bits per heavy atom. The number of nitrogens with zero attached hydrogens (tertiary/aromatic N) is 2. The van der Waals surface area contributed by atoms with Gasteiger partial charge in [0.1, 0.15) is 0 Å². The van der Waals surface area contributed by atoms with Gasteiger partial charge in [-0.3, -0.25) is 0 Å². The Kier molecular flexibility index (Phi) is 4.35. The van der Waals surface area contributed by atoms with Crippen molar-refractivity contribution >= 4 is 17.5 Å². The molecule has 1 heterocycles. The Morgan fingerprint density at radius 3 is 2.14 bits per heavy atom. The first-order chi connectivity index (χ1) is 10.7. The van der Waals surface area contributed by atoms with Gasteiger partial charge in [-0.05, 0) is 30.2 Å². The summed E-state index contributed by atoms with van der Waals surface area (Å²) in [7, 11) is 0. The monoisotopic (exact) mass is 309 g/mol. The van der Waals surface area contributed by atoms with Crippen molar-refractivity contribution in [1.82, 2.24) is 9.97 Å². The number of rotatable bonds is 4. The van der Waals surface area contributed by atoms with Gasteiger partial charge >= 0.3 is 0 Å². The molecular weight excluding hydrogens is 294 g/mol. The van der Waals surface area contributed by atoms with Crippen molar-refractivity contribution in [2.45, 2.75) is 13.0 Å². The van der Waals surface area contributed by atoms with E-state index in [1.807, 2.05) is 54.9 Å². The van der Waals surface area contributed by atoms with Gasteiger partial charge in [-0.1, -0.05) is 54.1 Å². The molecule has 4 heteroatoms. The number of halogens is 1. The zero-order chi connectivity index (χ0) is 15.4. The molecule has 1 N–H and O–H groups in total. The van der Waals surface area contributed by atoms with Crippen LogP contribution in [0.3, 0.4) is 0 Å². The second kappa shape index (κ2) is 6.58. The molecule has 3 aromatic rings. The average molecular weight is 310 g/mol. The summed E-state index contributed by atoms with van der Waals surface area (Å²) >= 11 is 5.90. The van der Waals surface area contributed by atoms with E-state index in [1.54, 1.807) is 0 Å². The molecule has 1 aromatic heterocycles. The Balaban J connectivity index is 1.73. The number of anilines is 1. The highest BCUT2D eigenvalue weighted by Crippen LogP contribution is 2.21. The molecule has 1 atom stereocenters. The molecule has 0 aliphatic rings. The average Bonchev–Trinajstić information content (AvgIpc) is 2.57. The number of nitrogens with one attached hydrogen (secondary N) is 1. The van der Waals surface area contributed by atoms with Gasteiger partial charge in [0.2, 0.25) is 5.95 Å². The highest BCUT2D eigenvalue weighted by atomic mass is 35.5. The van der Waals surface area contributed by atoms with E-state index in [0.717, 1.165) is 16.1 Å². The fraction of sp³-hybridized carbons (Fsp3) is 0.111. The van der Waals surface area contributed by atoms with Gasteiger partial charge in [0.25, 0.3) is 0 Å². The van der Waals surface area contributed by atoms with Crippen molar-refractivity contribution in [2.75, 3.05) is 5.32 Å². The van der Waals surface area contributed by atoms with E-state index >= 15 is 0 Å². The van der Waals surface area contributed by atoms with Crippen LogP contribution >= 0.6 is 11.6 Å². The normalized spacial score (nSPS) is 11.9. The van der Waals surface area contributed by atoms with Crippen molar-refractivity contribution in [2.24, 2.45) is 0 Å². The van der Waals surface area contributed by atoms with Crippen molar-refractivity contribution in [1.29, 1.82) is 0 Å². The van der Waals surface area contributed by atoms with Gasteiger partial charge in [-0.2, -0.15) is 0 Å². The number of hydrogen-bond acceptors (Lipinski definition) is 3. The van der Waals surface area contributed by atoms with Crippen LogP contribution in [-0.2, 0) is 0 Å². The zero-order valence-corrected chi connectivity index (χ0v) is 13.0. The Hall–Kier alpha value is -2.39. The van der Waals surface area contributed by atoms with E-state index in [1.165, 1.54) is 5.56 Å². The Morgan fingerprint density at radius 2 is 1.50 bits per heavy atom. The predicted octanol–water partition coefficient (Wildman–Crippen LogP) is 4.97. The van der Waals surface area contributed by atoms with Crippen molar-refractivity contribution in [3.05, 3.63) is 77.6 Å². The summed E-state index contributed by atoms with van der Waals surface area (Å²) in [6.45, 7) is 2.09. The van der Waals surface area contributed by atoms with Crippen LogP contribution in [0.25, 0.3) is 11.1 Å². The van der Waals surface area contributed by atoms with Crippen LogP contribution in [0.2, 0.25) is 5.02 Å². The largest absolute Gasteiger partial charge is 0.348 e. The second-order valence-electron chi connectivity index (χ2n) is 5.08. The van der Waals surface area contributed by atoms with Crippen molar-refractivity contribution in [3.8, 4) is 11.1 Å². The fourth-order valence-corrected chi connectivity index (χ4v) is 2.34. The van der Waals surface area contributed by atoms with Gasteiger partial charge in [-0.15, -0.1) is 0 Å². The van der Waals surface area contributed by atoms with Gasteiger partial charge in [0.05, 0.1) is 6.04 Å². The fourth-order valence-electron chi connectivity index (χ4n) is 2.21. The maximum absolute atomic E-state index is 5.90. The maximum atomic E-state index is 5.90. The van der Waals surface area contributed by atoms with Crippen LogP contribution in [0.5, 0.6) is 0 Å². The molecule has 3 nitrogen and oxygen atoms in total. The molecule has 0 amide bonds. The number of hydrogen-bond donors (Lipinski definition) is 1. The Labute approximate surface area is 135 Å². The summed E-state index contributed by atoms with van der Waals surface area (Å²) in [5.41, 5.74) is 3.22.